The highest BCUT2D eigenvalue weighted by molar-refractivity contribution is 5.79. The fraction of sp³-hybridized carbons (Fsp3) is 0.900. The molecule has 0 unspecified atom stereocenters. The van der Waals surface area contributed by atoms with Crippen LogP contribution in [0.15, 0.2) is 0 Å². The zero-order chi connectivity index (χ0) is 8.97. The Hall–Kier alpha value is -0.530. The smallest absolute Gasteiger partial charge is 0.223 e. The van der Waals surface area contributed by atoms with Crippen molar-refractivity contribution in [3.8, 4) is 0 Å². The molecule has 0 aromatic carbocycles. The number of hydrogen-bond acceptors (Lipinski definition) is 1. The molecule has 1 fully saturated rings. The van der Waals surface area contributed by atoms with Crippen LogP contribution in [0, 0.1) is 11.8 Å². The summed E-state index contributed by atoms with van der Waals surface area (Å²) in [4.78, 5) is 11.5. The summed E-state index contributed by atoms with van der Waals surface area (Å²) >= 11 is 0. The van der Waals surface area contributed by atoms with Crippen LogP contribution in [0.3, 0.4) is 0 Å². The summed E-state index contributed by atoms with van der Waals surface area (Å²) in [6.07, 6.45) is 4.74. The molecule has 1 rings (SSSR count). The first-order chi connectivity index (χ1) is 5.79. The molecule has 2 atom stereocenters. The van der Waals surface area contributed by atoms with E-state index >= 15 is 0 Å². The van der Waals surface area contributed by atoms with Gasteiger partial charge in [-0.25, -0.2) is 0 Å². The Bertz CT molecular complexity index is 156. The van der Waals surface area contributed by atoms with Crippen molar-refractivity contribution in [2.24, 2.45) is 11.8 Å². The van der Waals surface area contributed by atoms with Gasteiger partial charge in [-0.05, 0) is 25.7 Å². The lowest BCUT2D eigenvalue weighted by Gasteiger charge is -2.16. The largest absolute Gasteiger partial charge is 0.356 e. The fourth-order valence-corrected chi connectivity index (χ4v) is 2.18. The maximum Gasteiger partial charge on any atom is 0.223 e. The van der Waals surface area contributed by atoms with Crippen molar-refractivity contribution >= 4 is 5.91 Å². The third-order valence-electron chi connectivity index (χ3n) is 2.87. The van der Waals surface area contributed by atoms with E-state index < -0.39 is 0 Å². The first-order valence-electron chi connectivity index (χ1n) is 5.07. The molecule has 0 heterocycles. The lowest BCUT2D eigenvalue weighted by molar-refractivity contribution is -0.125. The van der Waals surface area contributed by atoms with Gasteiger partial charge < -0.3 is 5.32 Å². The van der Waals surface area contributed by atoms with Crippen LogP contribution in [-0.2, 0) is 4.79 Å². The molecule has 2 nitrogen and oxygen atoms in total. The van der Waals surface area contributed by atoms with Crippen LogP contribution < -0.4 is 5.32 Å². The van der Waals surface area contributed by atoms with Crippen molar-refractivity contribution in [2.45, 2.75) is 39.5 Å². The Morgan fingerprint density at radius 1 is 1.42 bits per heavy atom. The highest BCUT2D eigenvalue weighted by Crippen LogP contribution is 2.33. The van der Waals surface area contributed by atoms with Crippen LogP contribution in [0.2, 0.25) is 0 Å². The van der Waals surface area contributed by atoms with Crippen LogP contribution in [0.25, 0.3) is 0 Å². The van der Waals surface area contributed by atoms with E-state index in [0.29, 0.717) is 11.8 Å². The van der Waals surface area contributed by atoms with Gasteiger partial charge in [-0.15, -0.1) is 0 Å². The molecular weight excluding hydrogens is 150 g/mol. The van der Waals surface area contributed by atoms with Gasteiger partial charge in [0.1, 0.15) is 0 Å². The molecule has 0 aromatic heterocycles. The third kappa shape index (κ3) is 1.99. The molecule has 2 heteroatoms. The Morgan fingerprint density at radius 2 is 2.17 bits per heavy atom. The van der Waals surface area contributed by atoms with Gasteiger partial charge in [0.05, 0.1) is 0 Å². The van der Waals surface area contributed by atoms with E-state index in [1.54, 1.807) is 0 Å². The van der Waals surface area contributed by atoms with E-state index in [0.717, 1.165) is 19.4 Å². The summed E-state index contributed by atoms with van der Waals surface area (Å²) in [5, 5.41) is 2.91. The molecular formula is C10H19NO. The monoisotopic (exact) mass is 169 g/mol. The van der Waals surface area contributed by atoms with Crippen LogP contribution >= 0.6 is 0 Å². The second-order valence-corrected chi connectivity index (χ2v) is 3.60. The third-order valence-corrected chi connectivity index (χ3v) is 2.87. The quantitative estimate of drug-likeness (QED) is 0.687. The number of hydrogen-bond donors (Lipinski definition) is 1. The topological polar surface area (TPSA) is 29.1 Å². The van der Waals surface area contributed by atoms with Gasteiger partial charge in [0.25, 0.3) is 0 Å². The van der Waals surface area contributed by atoms with Crippen LogP contribution in [0.4, 0.5) is 0 Å². The van der Waals surface area contributed by atoms with Crippen molar-refractivity contribution in [3.05, 3.63) is 0 Å². The molecule has 1 aliphatic rings. The molecule has 0 saturated heterocycles. The van der Waals surface area contributed by atoms with Gasteiger partial charge in [-0.2, -0.15) is 0 Å². The minimum Gasteiger partial charge on any atom is -0.356 e. The lowest BCUT2D eigenvalue weighted by Crippen LogP contribution is -2.32. The standard InChI is InChI=1S/C10H19NO/c1-3-8-6-5-7-9(8)10(12)11-4-2/h8-9H,3-7H2,1-2H3,(H,11,12)/t8-,9-/m1/s1. The highest BCUT2D eigenvalue weighted by atomic mass is 16.1. The molecule has 70 valence electrons. The van der Waals surface area contributed by atoms with E-state index in [-0.39, 0.29) is 5.91 Å². The summed E-state index contributed by atoms with van der Waals surface area (Å²) in [5.41, 5.74) is 0. The summed E-state index contributed by atoms with van der Waals surface area (Å²) < 4.78 is 0. The van der Waals surface area contributed by atoms with Crippen molar-refractivity contribution in [1.29, 1.82) is 0 Å². The fourth-order valence-electron chi connectivity index (χ4n) is 2.18. The van der Waals surface area contributed by atoms with Crippen molar-refractivity contribution in [3.63, 3.8) is 0 Å². The van der Waals surface area contributed by atoms with Gasteiger partial charge in [0.2, 0.25) is 5.91 Å². The molecule has 0 radical (unpaired) electrons. The zero-order valence-electron chi connectivity index (χ0n) is 8.10. The van der Waals surface area contributed by atoms with Crippen LogP contribution in [-0.4, -0.2) is 12.5 Å². The van der Waals surface area contributed by atoms with Crippen molar-refractivity contribution < 1.29 is 4.79 Å². The van der Waals surface area contributed by atoms with Crippen molar-refractivity contribution in [1.82, 2.24) is 5.32 Å². The molecule has 1 saturated carbocycles. The SMILES string of the molecule is CCNC(=O)[C@@H]1CCC[C@H]1CC. The van der Waals surface area contributed by atoms with Crippen molar-refractivity contribution in [2.75, 3.05) is 6.54 Å². The van der Waals surface area contributed by atoms with E-state index in [2.05, 4.69) is 12.2 Å². The number of carbonyl (C=O) groups is 1. The highest BCUT2D eigenvalue weighted by Gasteiger charge is 2.30. The minimum absolute atomic E-state index is 0.279. The Morgan fingerprint density at radius 3 is 2.75 bits per heavy atom. The predicted octanol–water partition coefficient (Wildman–Crippen LogP) is 1.95. The Balaban J connectivity index is 2.43. The Kier molecular flexibility index (Phi) is 3.57. The molecule has 0 aromatic rings. The zero-order valence-corrected chi connectivity index (χ0v) is 8.10. The summed E-state index contributed by atoms with van der Waals surface area (Å²) in [6, 6.07) is 0. The van der Waals surface area contributed by atoms with Crippen LogP contribution in [0.5, 0.6) is 0 Å². The van der Waals surface area contributed by atoms with E-state index in [1.807, 2.05) is 6.92 Å². The van der Waals surface area contributed by atoms with Gasteiger partial charge in [0.15, 0.2) is 0 Å². The second-order valence-electron chi connectivity index (χ2n) is 3.60. The van der Waals surface area contributed by atoms with Gasteiger partial charge in [-0.3, -0.25) is 4.79 Å². The number of carbonyl (C=O) groups excluding carboxylic acids is 1. The maximum atomic E-state index is 11.5. The summed E-state index contributed by atoms with van der Waals surface area (Å²) in [5.74, 6) is 1.24. The molecule has 0 aliphatic heterocycles. The normalized spacial score (nSPS) is 28.8. The van der Waals surface area contributed by atoms with Gasteiger partial charge >= 0.3 is 0 Å². The van der Waals surface area contributed by atoms with Gasteiger partial charge in [0, 0.05) is 12.5 Å². The van der Waals surface area contributed by atoms with Crippen LogP contribution in [0.1, 0.15) is 39.5 Å². The minimum atomic E-state index is 0.279. The van der Waals surface area contributed by atoms with E-state index in [1.165, 1.54) is 12.8 Å². The first-order valence-corrected chi connectivity index (χ1v) is 5.07. The van der Waals surface area contributed by atoms with Gasteiger partial charge in [-0.1, -0.05) is 19.8 Å². The summed E-state index contributed by atoms with van der Waals surface area (Å²) in [6.45, 7) is 4.93. The maximum absolute atomic E-state index is 11.5. The molecule has 1 N–H and O–H groups in total. The summed E-state index contributed by atoms with van der Waals surface area (Å²) in [7, 11) is 0. The van der Waals surface area contributed by atoms with E-state index in [9.17, 15) is 4.79 Å². The average Bonchev–Trinajstić information content (AvgIpc) is 2.51. The lowest BCUT2D eigenvalue weighted by atomic mass is 9.93. The molecule has 0 spiro atoms. The molecule has 1 amide bonds. The predicted molar refractivity (Wildman–Crippen MR) is 49.8 cm³/mol. The number of rotatable bonds is 3. The molecule has 12 heavy (non-hydrogen) atoms. The number of nitrogens with one attached hydrogen (secondary N) is 1. The first kappa shape index (κ1) is 9.56. The molecule has 1 aliphatic carbocycles. The number of amides is 1. The Labute approximate surface area is 74.7 Å². The second kappa shape index (κ2) is 4.48. The molecule has 0 bridgehead atoms. The average molecular weight is 169 g/mol. The van der Waals surface area contributed by atoms with E-state index in [4.69, 9.17) is 0 Å².